The number of fused-ring (bicyclic) bond motifs is 3. The number of nitrogens with zero attached hydrogens (tertiary/aromatic N) is 2. The molecule has 2 aliphatic heterocycles. The first-order valence-corrected chi connectivity index (χ1v) is 7.11. The fourth-order valence-electron chi connectivity index (χ4n) is 2.96. The molecule has 0 spiro atoms. The molecule has 0 fully saturated rings. The fourth-order valence-corrected chi connectivity index (χ4v) is 2.96. The third-order valence-corrected chi connectivity index (χ3v) is 4.07. The molecule has 0 saturated carbocycles. The van der Waals surface area contributed by atoms with Gasteiger partial charge in [0.2, 0.25) is 0 Å². The van der Waals surface area contributed by atoms with E-state index in [2.05, 4.69) is 38.8 Å². The van der Waals surface area contributed by atoms with Gasteiger partial charge in [-0.3, -0.25) is 0 Å². The van der Waals surface area contributed by atoms with E-state index in [9.17, 15) is 0 Å². The third kappa shape index (κ3) is 2.01. The van der Waals surface area contributed by atoms with Crippen LogP contribution in [0, 0.1) is 11.3 Å². The first-order chi connectivity index (χ1) is 10.3. The number of hydrogen-bond donors (Lipinski definition) is 3. The molecule has 2 aliphatic rings. The Kier molecular flexibility index (Phi) is 2.76. The number of hydrogen-bond acceptors (Lipinski definition) is 4. The van der Waals surface area contributed by atoms with Gasteiger partial charge in [0.05, 0.1) is 6.54 Å². The molecule has 0 saturated heterocycles. The lowest BCUT2D eigenvalue weighted by Crippen LogP contribution is -2.20. The van der Waals surface area contributed by atoms with Gasteiger partial charge in [-0.1, -0.05) is 6.08 Å². The van der Waals surface area contributed by atoms with Crippen molar-refractivity contribution in [2.24, 2.45) is 0 Å². The highest BCUT2D eigenvalue weighted by atomic mass is 14.9. The van der Waals surface area contributed by atoms with E-state index in [-0.39, 0.29) is 0 Å². The van der Waals surface area contributed by atoms with Crippen molar-refractivity contribution in [1.82, 2.24) is 20.6 Å². The Morgan fingerprint density at radius 3 is 3.10 bits per heavy atom. The van der Waals surface area contributed by atoms with Gasteiger partial charge in [-0.05, 0) is 36.2 Å². The summed E-state index contributed by atoms with van der Waals surface area (Å²) in [5, 5.41) is 16.6. The van der Waals surface area contributed by atoms with Crippen molar-refractivity contribution < 1.29 is 0 Å². The van der Waals surface area contributed by atoms with Gasteiger partial charge in [-0.25, -0.2) is 4.98 Å². The zero-order valence-electron chi connectivity index (χ0n) is 11.5. The summed E-state index contributed by atoms with van der Waals surface area (Å²) in [6.45, 7) is 2.57. The van der Waals surface area contributed by atoms with Gasteiger partial charge in [0.1, 0.15) is 17.4 Å². The number of rotatable bonds is 1. The molecule has 0 amide bonds. The predicted octanol–water partition coefficient (Wildman–Crippen LogP) is 1.91. The van der Waals surface area contributed by atoms with Crippen LogP contribution in [0.3, 0.4) is 0 Å². The lowest BCUT2D eigenvalue weighted by atomic mass is 9.99. The van der Waals surface area contributed by atoms with Crippen molar-refractivity contribution in [3.63, 3.8) is 0 Å². The van der Waals surface area contributed by atoms with Crippen molar-refractivity contribution in [3.05, 3.63) is 40.9 Å². The molecular formula is C16H15N5. The zero-order valence-corrected chi connectivity index (χ0v) is 11.5. The van der Waals surface area contributed by atoms with Crippen LogP contribution in [0.5, 0.6) is 0 Å². The van der Waals surface area contributed by atoms with E-state index in [1.165, 1.54) is 11.1 Å². The van der Waals surface area contributed by atoms with Crippen LogP contribution in [-0.4, -0.2) is 23.1 Å². The second-order valence-corrected chi connectivity index (χ2v) is 5.34. The molecule has 0 aromatic carbocycles. The Morgan fingerprint density at radius 2 is 2.29 bits per heavy atom. The number of aromatic amines is 1. The van der Waals surface area contributed by atoms with Gasteiger partial charge < -0.3 is 15.6 Å². The lowest BCUT2D eigenvalue weighted by Gasteiger charge is -2.14. The predicted molar refractivity (Wildman–Crippen MR) is 82.0 cm³/mol. The van der Waals surface area contributed by atoms with Gasteiger partial charge >= 0.3 is 0 Å². The number of pyridine rings is 1. The Bertz CT molecular complexity index is 819. The van der Waals surface area contributed by atoms with Gasteiger partial charge in [0.15, 0.2) is 0 Å². The molecule has 0 aliphatic carbocycles. The molecule has 2 aromatic heterocycles. The molecule has 0 atom stereocenters. The van der Waals surface area contributed by atoms with Gasteiger partial charge in [-0.2, -0.15) is 5.26 Å². The molecule has 104 valence electrons. The summed E-state index contributed by atoms with van der Waals surface area (Å²) in [5.41, 5.74) is 6.19. The molecule has 4 heterocycles. The minimum atomic E-state index is 0.606. The van der Waals surface area contributed by atoms with Crippen molar-refractivity contribution in [3.8, 4) is 6.07 Å². The van der Waals surface area contributed by atoms with Gasteiger partial charge in [0.25, 0.3) is 0 Å². The van der Waals surface area contributed by atoms with Crippen LogP contribution in [-0.2, 0) is 6.54 Å². The summed E-state index contributed by atoms with van der Waals surface area (Å²) in [7, 11) is 0. The maximum Gasteiger partial charge on any atom is 0.138 e. The highest BCUT2D eigenvalue weighted by Crippen LogP contribution is 2.29. The van der Waals surface area contributed by atoms with E-state index in [0.29, 0.717) is 12.2 Å². The van der Waals surface area contributed by atoms with E-state index in [1.54, 1.807) is 0 Å². The molecule has 3 N–H and O–H groups in total. The van der Waals surface area contributed by atoms with Gasteiger partial charge in [-0.15, -0.1) is 0 Å². The summed E-state index contributed by atoms with van der Waals surface area (Å²) in [6.07, 6.45) is 7.09. The molecule has 4 rings (SSSR count). The first kappa shape index (κ1) is 12.2. The van der Waals surface area contributed by atoms with Crippen molar-refractivity contribution in [2.75, 3.05) is 13.1 Å². The minimum absolute atomic E-state index is 0.606. The SMILES string of the molecule is N#CC1=Cc2c([nH]c3ncc(C4=CCNCC4)cc23)CN1. The van der Waals surface area contributed by atoms with Crippen LogP contribution in [0.4, 0.5) is 0 Å². The second kappa shape index (κ2) is 4.76. The van der Waals surface area contributed by atoms with E-state index >= 15 is 0 Å². The maximum atomic E-state index is 9.06. The Hall–Kier alpha value is -2.58. The first-order valence-electron chi connectivity index (χ1n) is 7.11. The molecule has 0 bridgehead atoms. The van der Waals surface area contributed by atoms with Crippen LogP contribution in [0.2, 0.25) is 0 Å². The standard InChI is InChI=1S/C16H15N5/c17-7-12-6-13-14-5-11(10-1-3-18-4-2-10)8-20-16(14)21-15(13)9-19-12/h1,5-6,8,18-19H,2-4,9H2,(H,20,21). The smallest absolute Gasteiger partial charge is 0.138 e. The molecular weight excluding hydrogens is 262 g/mol. The summed E-state index contributed by atoms with van der Waals surface area (Å²) in [4.78, 5) is 7.89. The topological polar surface area (TPSA) is 76.5 Å². The Labute approximate surface area is 122 Å². The van der Waals surface area contributed by atoms with E-state index in [4.69, 9.17) is 5.26 Å². The highest BCUT2D eigenvalue weighted by molar-refractivity contribution is 5.91. The number of H-pyrrole nitrogens is 1. The second-order valence-electron chi connectivity index (χ2n) is 5.34. The largest absolute Gasteiger partial charge is 0.371 e. The van der Waals surface area contributed by atoms with Crippen molar-refractivity contribution in [1.29, 1.82) is 5.26 Å². The van der Waals surface area contributed by atoms with Crippen LogP contribution < -0.4 is 10.6 Å². The average Bonchev–Trinajstić information content (AvgIpc) is 2.92. The summed E-state index contributed by atoms with van der Waals surface area (Å²) in [5.74, 6) is 0. The maximum absolute atomic E-state index is 9.06. The molecule has 5 nitrogen and oxygen atoms in total. The van der Waals surface area contributed by atoms with Gasteiger partial charge in [0, 0.05) is 29.4 Å². The fraction of sp³-hybridized carbons (Fsp3) is 0.250. The van der Waals surface area contributed by atoms with Crippen LogP contribution in [0.25, 0.3) is 22.7 Å². The molecule has 0 unspecified atom stereocenters. The van der Waals surface area contributed by atoms with E-state index in [0.717, 1.165) is 41.8 Å². The molecule has 21 heavy (non-hydrogen) atoms. The van der Waals surface area contributed by atoms with Crippen molar-refractivity contribution in [2.45, 2.75) is 13.0 Å². The van der Waals surface area contributed by atoms with Crippen molar-refractivity contribution >= 4 is 22.7 Å². The zero-order chi connectivity index (χ0) is 14.2. The summed E-state index contributed by atoms with van der Waals surface area (Å²) in [6, 6.07) is 4.36. The van der Waals surface area contributed by atoms with Crippen LogP contribution >= 0.6 is 0 Å². The quantitative estimate of drug-likeness (QED) is 0.744. The number of nitriles is 1. The summed E-state index contributed by atoms with van der Waals surface area (Å²) >= 11 is 0. The molecule has 5 heteroatoms. The van der Waals surface area contributed by atoms with E-state index < -0.39 is 0 Å². The number of allylic oxidation sites excluding steroid dienone is 1. The Balaban J connectivity index is 1.87. The normalized spacial score (nSPS) is 17.5. The minimum Gasteiger partial charge on any atom is -0.371 e. The molecule has 2 aromatic rings. The van der Waals surface area contributed by atoms with E-state index in [1.807, 2.05) is 12.3 Å². The monoisotopic (exact) mass is 277 g/mol. The van der Waals surface area contributed by atoms with Crippen LogP contribution in [0.1, 0.15) is 23.2 Å². The number of aromatic nitrogens is 2. The third-order valence-electron chi connectivity index (χ3n) is 4.07. The summed E-state index contributed by atoms with van der Waals surface area (Å²) < 4.78 is 0. The number of nitrogens with one attached hydrogen (secondary N) is 3. The molecule has 0 radical (unpaired) electrons. The highest BCUT2D eigenvalue weighted by Gasteiger charge is 2.17. The van der Waals surface area contributed by atoms with Crippen LogP contribution in [0.15, 0.2) is 24.0 Å². The Morgan fingerprint density at radius 1 is 1.33 bits per heavy atom. The average molecular weight is 277 g/mol. The lowest BCUT2D eigenvalue weighted by molar-refractivity contribution is 0.738.